The molecule has 0 saturated carbocycles. The van der Waals surface area contributed by atoms with Crippen LogP contribution in [0.15, 0.2) is 12.7 Å². The Morgan fingerprint density at radius 2 is 2.17 bits per heavy atom. The Hall–Kier alpha value is -0.340. The largest absolute Gasteiger partial charge is 0.380 e. The quantitative estimate of drug-likeness (QED) is 0.591. The Morgan fingerprint density at radius 3 is 2.50 bits per heavy atom. The van der Waals surface area contributed by atoms with Crippen molar-refractivity contribution in [2.45, 2.75) is 38.8 Å². The van der Waals surface area contributed by atoms with Crippen LogP contribution in [0.5, 0.6) is 0 Å². The van der Waals surface area contributed by atoms with Gasteiger partial charge in [-0.2, -0.15) is 0 Å². The highest BCUT2D eigenvalue weighted by atomic mass is 16.5. The topological polar surface area (TPSA) is 21.3 Å². The standard InChI is InChI=1S/C10H21NO/c1-5-8-11-9(6-2)10(7-3)12-4/h6,9-11H,2,5,7-8H2,1,3-4H3. The molecule has 0 rings (SSSR count). The smallest absolute Gasteiger partial charge is 0.0757 e. The molecule has 0 fully saturated rings. The molecule has 2 unspecified atom stereocenters. The number of methoxy groups -OCH3 is 1. The zero-order chi connectivity index (χ0) is 9.40. The molecule has 0 bridgehead atoms. The molecule has 0 aromatic rings. The first-order valence-corrected chi connectivity index (χ1v) is 4.68. The van der Waals surface area contributed by atoms with Crippen LogP contribution in [0, 0.1) is 0 Å². The molecule has 0 amide bonds. The summed E-state index contributed by atoms with van der Waals surface area (Å²) in [5.74, 6) is 0. The van der Waals surface area contributed by atoms with Gasteiger partial charge in [0, 0.05) is 7.11 Å². The summed E-state index contributed by atoms with van der Waals surface area (Å²) in [6.45, 7) is 9.09. The zero-order valence-corrected chi connectivity index (χ0v) is 8.47. The molecule has 0 saturated heterocycles. The molecule has 0 aromatic heterocycles. The number of rotatable bonds is 7. The lowest BCUT2D eigenvalue weighted by molar-refractivity contribution is 0.0791. The van der Waals surface area contributed by atoms with E-state index >= 15 is 0 Å². The highest BCUT2D eigenvalue weighted by molar-refractivity contribution is 4.91. The minimum atomic E-state index is 0.258. The van der Waals surface area contributed by atoms with E-state index in [1.165, 1.54) is 0 Å². The van der Waals surface area contributed by atoms with Crippen LogP contribution < -0.4 is 5.32 Å². The van der Waals surface area contributed by atoms with Gasteiger partial charge in [0.1, 0.15) is 0 Å². The highest BCUT2D eigenvalue weighted by Gasteiger charge is 2.14. The monoisotopic (exact) mass is 171 g/mol. The van der Waals surface area contributed by atoms with E-state index in [0.717, 1.165) is 19.4 Å². The molecule has 0 aliphatic carbocycles. The second-order valence-electron chi connectivity index (χ2n) is 2.90. The van der Waals surface area contributed by atoms with E-state index in [1.54, 1.807) is 7.11 Å². The number of hydrogen-bond acceptors (Lipinski definition) is 2. The van der Waals surface area contributed by atoms with Gasteiger partial charge in [0.05, 0.1) is 12.1 Å². The van der Waals surface area contributed by atoms with Crippen molar-refractivity contribution in [1.29, 1.82) is 0 Å². The second-order valence-corrected chi connectivity index (χ2v) is 2.90. The fourth-order valence-corrected chi connectivity index (χ4v) is 1.24. The normalized spacial score (nSPS) is 15.6. The summed E-state index contributed by atoms with van der Waals surface area (Å²) < 4.78 is 5.32. The van der Waals surface area contributed by atoms with Crippen molar-refractivity contribution >= 4 is 0 Å². The molecule has 2 heteroatoms. The van der Waals surface area contributed by atoms with E-state index in [0.29, 0.717) is 6.04 Å². The predicted octanol–water partition coefficient (Wildman–Crippen LogP) is 1.97. The summed E-state index contributed by atoms with van der Waals surface area (Å²) in [5, 5.41) is 3.38. The highest BCUT2D eigenvalue weighted by Crippen LogP contribution is 2.03. The summed E-state index contributed by atoms with van der Waals surface area (Å²) in [6.07, 6.45) is 4.34. The maximum atomic E-state index is 5.32. The van der Waals surface area contributed by atoms with Crippen molar-refractivity contribution in [3.63, 3.8) is 0 Å². The SMILES string of the molecule is C=CC(NCCC)C(CC)OC. The van der Waals surface area contributed by atoms with E-state index < -0.39 is 0 Å². The Labute approximate surface area is 76.0 Å². The van der Waals surface area contributed by atoms with Gasteiger partial charge in [0.2, 0.25) is 0 Å². The molecule has 0 aliphatic rings. The first-order valence-electron chi connectivity index (χ1n) is 4.68. The molecule has 0 radical (unpaired) electrons. The summed E-state index contributed by atoms with van der Waals surface area (Å²) in [7, 11) is 1.75. The molecule has 12 heavy (non-hydrogen) atoms. The van der Waals surface area contributed by atoms with Crippen LogP contribution >= 0.6 is 0 Å². The molecule has 0 aliphatic heterocycles. The average Bonchev–Trinajstić information content (AvgIpc) is 2.12. The van der Waals surface area contributed by atoms with Crippen LogP contribution in [0.3, 0.4) is 0 Å². The number of hydrogen-bond donors (Lipinski definition) is 1. The number of nitrogens with one attached hydrogen (secondary N) is 1. The van der Waals surface area contributed by atoms with E-state index in [1.807, 2.05) is 6.08 Å². The molecule has 72 valence electrons. The summed E-state index contributed by atoms with van der Waals surface area (Å²) in [6, 6.07) is 0.292. The van der Waals surface area contributed by atoms with Gasteiger partial charge in [0.25, 0.3) is 0 Å². The van der Waals surface area contributed by atoms with Crippen molar-refractivity contribution in [3.05, 3.63) is 12.7 Å². The lowest BCUT2D eigenvalue weighted by Gasteiger charge is -2.22. The third-order valence-corrected chi connectivity index (χ3v) is 1.99. The van der Waals surface area contributed by atoms with Crippen molar-refractivity contribution in [2.75, 3.05) is 13.7 Å². The lowest BCUT2D eigenvalue weighted by atomic mass is 10.1. The van der Waals surface area contributed by atoms with Crippen LogP contribution in [0.25, 0.3) is 0 Å². The van der Waals surface area contributed by atoms with Gasteiger partial charge in [-0.25, -0.2) is 0 Å². The van der Waals surface area contributed by atoms with Gasteiger partial charge in [0.15, 0.2) is 0 Å². The maximum absolute atomic E-state index is 5.32. The summed E-state index contributed by atoms with van der Waals surface area (Å²) in [4.78, 5) is 0. The third-order valence-electron chi connectivity index (χ3n) is 1.99. The molecule has 2 nitrogen and oxygen atoms in total. The van der Waals surface area contributed by atoms with Crippen LogP contribution in [-0.2, 0) is 4.74 Å². The Morgan fingerprint density at radius 1 is 1.50 bits per heavy atom. The fourth-order valence-electron chi connectivity index (χ4n) is 1.24. The van der Waals surface area contributed by atoms with Gasteiger partial charge >= 0.3 is 0 Å². The van der Waals surface area contributed by atoms with E-state index in [9.17, 15) is 0 Å². The van der Waals surface area contributed by atoms with E-state index in [-0.39, 0.29) is 6.10 Å². The Balaban J connectivity index is 3.84. The van der Waals surface area contributed by atoms with Crippen molar-refractivity contribution < 1.29 is 4.74 Å². The first kappa shape index (κ1) is 11.7. The van der Waals surface area contributed by atoms with Gasteiger partial charge in [-0.1, -0.05) is 19.9 Å². The van der Waals surface area contributed by atoms with Gasteiger partial charge in [-0.15, -0.1) is 6.58 Å². The number of ether oxygens (including phenoxy) is 1. The molecule has 0 aromatic carbocycles. The molecular weight excluding hydrogens is 150 g/mol. The Kier molecular flexibility index (Phi) is 7.11. The Bertz CT molecular complexity index is 110. The zero-order valence-electron chi connectivity index (χ0n) is 8.47. The molecule has 1 N–H and O–H groups in total. The maximum Gasteiger partial charge on any atom is 0.0757 e. The molecule has 0 spiro atoms. The minimum absolute atomic E-state index is 0.258. The van der Waals surface area contributed by atoms with Gasteiger partial charge in [-0.05, 0) is 19.4 Å². The summed E-state index contributed by atoms with van der Waals surface area (Å²) in [5.41, 5.74) is 0. The van der Waals surface area contributed by atoms with Crippen LogP contribution in [-0.4, -0.2) is 25.8 Å². The van der Waals surface area contributed by atoms with Crippen molar-refractivity contribution in [1.82, 2.24) is 5.32 Å². The van der Waals surface area contributed by atoms with Crippen molar-refractivity contribution in [2.24, 2.45) is 0 Å². The van der Waals surface area contributed by atoms with Crippen LogP contribution in [0.1, 0.15) is 26.7 Å². The van der Waals surface area contributed by atoms with Crippen LogP contribution in [0.2, 0.25) is 0 Å². The van der Waals surface area contributed by atoms with Crippen LogP contribution in [0.4, 0.5) is 0 Å². The van der Waals surface area contributed by atoms with E-state index in [2.05, 4.69) is 25.7 Å². The molecule has 0 heterocycles. The van der Waals surface area contributed by atoms with E-state index in [4.69, 9.17) is 4.74 Å². The molecular formula is C10H21NO. The second kappa shape index (κ2) is 7.32. The fraction of sp³-hybridized carbons (Fsp3) is 0.800. The van der Waals surface area contributed by atoms with Crippen molar-refractivity contribution in [3.8, 4) is 0 Å². The predicted molar refractivity (Wildman–Crippen MR) is 53.4 cm³/mol. The average molecular weight is 171 g/mol. The molecule has 2 atom stereocenters. The van der Waals surface area contributed by atoms with Gasteiger partial charge < -0.3 is 10.1 Å². The van der Waals surface area contributed by atoms with Gasteiger partial charge in [-0.3, -0.25) is 0 Å². The lowest BCUT2D eigenvalue weighted by Crippen LogP contribution is -2.39. The summed E-state index contributed by atoms with van der Waals surface area (Å²) >= 11 is 0. The third kappa shape index (κ3) is 3.88. The minimum Gasteiger partial charge on any atom is -0.380 e. The first-order chi connectivity index (χ1) is 5.79.